The Balaban J connectivity index is 2.20. The molecule has 0 unspecified atom stereocenters. The average molecular weight is 291 g/mol. The molecule has 0 atom stereocenters. The van der Waals surface area contributed by atoms with Gasteiger partial charge in [-0.3, -0.25) is 5.43 Å². The average Bonchev–Trinajstić information content (AvgIpc) is 2.47. The van der Waals surface area contributed by atoms with E-state index in [2.05, 4.69) is 20.4 Å². The lowest BCUT2D eigenvalue weighted by molar-refractivity contribution is 0.218. The summed E-state index contributed by atoms with van der Waals surface area (Å²) in [4.78, 5) is 12.1. The smallest absolute Gasteiger partial charge is 0.330 e. The van der Waals surface area contributed by atoms with Gasteiger partial charge in [0.05, 0.1) is 13.2 Å². The first-order valence-corrected chi connectivity index (χ1v) is 6.32. The van der Waals surface area contributed by atoms with E-state index in [0.29, 0.717) is 5.75 Å². The number of hydrogen-bond donors (Lipinski definition) is 2. The lowest BCUT2D eigenvalue weighted by Crippen LogP contribution is -2.14. The highest BCUT2D eigenvalue weighted by molar-refractivity contribution is 5.33. The van der Waals surface area contributed by atoms with Gasteiger partial charge in [-0.25, -0.2) is 5.84 Å². The fourth-order valence-corrected chi connectivity index (χ4v) is 1.46. The predicted molar refractivity (Wildman–Crippen MR) is 76.5 cm³/mol. The number of nitrogen functional groups attached to an aromatic ring is 1. The van der Waals surface area contributed by atoms with Gasteiger partial charge in [-0.05, 0) is 38.1 Å². The molecule has 8 nitrogen and oxygen atoms in total. The number of anilines is 1. The van der Waals surface area contributed by atoms with Crippen LogP contribution in [0.2, 0.25) is 0 Å². The number of nitrogens with zero attached hydrogens (tertiary/aromatic N) is 3. The first-order valence-electron chi connectivity index (χ1n) is 6.32. The SMILES string of the molecule is COc1ccc(Oc2nc(NN)nc(OC(C)C)n2)cc1. The minimum Gasteiger partial charge on any atom is -0.497 e. The number of benzene rings is 1. The summed E-state index contributed by atoms with van der Waals surface area (Å²) in [5, 5.41) is 0. The highest BCUT2D eigenvalue weighted by atomic mass is 16.5. The number of rotatable bonds is 6. The number of hydrazine groups is 1. The molecule has 0 amide bonds. The van der Waals surface area contributed by atoms with Crippen molar-refractivity contribution in [3.63, 3.8) is 0 Å². The summed E-state index contributed by atoms with van der Waals surface area (Å²) in [5.74, 6) is 6.76. The monoisotopic (exact) mass is 291 g/mol. The number of ether oxygens (including phenoxy) is 3. The minimum atomic E-state index is -0.0770. The van der Waals surface area contributed by atoms with Crippen LogP contribution in [0.15, 0.2) is 24.3 Å². The summed E-state index contributed by atoms with van der Waals surface area (Å²) < 4.78 is 16.0. The normalized spacial score (nSPS) is 10.3. The summed E-state index contributed by atoms with van der Waals surface area (Å²) in [6, 6.07) is 7.23. The zero-order chi connectivity index (χ0) is 15.2. The molecule has 1 heterocycles. The molecule has 0 radical (unpaired) electrons. The standard InChI is InChI=1S/C13H17N5O3/c1-8(2)20-12-15-11(18-14)16-13(17-12)21-10-6-4-9(19-3)5-7-10/h4-8H,14H2,1-3H3,(H,15,16,17,18). The van der Waals surface area contributed by atoms with Crippen molar-refractivity contribution in [2.75, 3.05) is 12.5 Å². The Morgan fingerprint density at radius 3 is 2.19 bits per heavy atom. The molecule has 2 rings (SSSR count). The van der Waals surface area contributed by atoms with E-state index in [0.717, 1.165) is 5.75 Å². The fraction of sp³-hybridized carbons (Fsp3) is 0.308. The second kappa shape index (κ2) is 6.71. The molecular weight excluding hydrogens is 274 g/mol. The van der Waals surface area contributed by atoms with Crippen molar-refractivity contribution in [3.05, 3.63) is 24.3 Å². The van der Waals surface area contributed by atoms with E-state index in [4.69, 9.17) is 20.1 Å². The van der Waals surface area contributed by atoms with E-state index in [9.17, 15) is 0 Å². The molecule has 0 aliphatic carbocycles. The van der Waals surface area contributed by atoms with Crippen LogP contribution in [0.25, 0.3) is 0 Å². The molecule has 0 aliphatic heterocycles. The molecule has 1 aromatic carbocycles. The lowest BCUT2D eigenvalue weighted by Gasteiger charge is -2.10. The Morgan fingerprint density at radius 2 is 1.62 bits per heavy atom. The van der Waals surface area contributed by atoms with Crippen LogP contribution in [0.5, 0.6) is 23.5 Å². The van der Waals surface area contributed by atoms with Crippen molar-refractivity contribution in [2.45, 2.75) is 20.0 Å². The van der Waals surface area contributed by atoms with E-state index >= 15 is 0 Å². The third-order valence-corrected chi connectivity index (χ3v) is 2.33. The van der Waals surface area contributed by atoms with E-state index in [-0.39, 0.29) is 24.1 Å². The van der Waals surface area contributed by atoms with E-state index in [1.54, 1.807) is 31.4 Å². The van der Waals surface area contributed by atoms with Gasteiger partial charge < -0.3 is 14.2 Å². The number of aromatic nitrogens is 3. The van der Waals surface area contributed by atoms with Crippen LogP contribution in [0.1, 0.15) is 13.8 Å². The van der Waals surface area contributed by atoms with E-state index < -0.39 is 0 Å². The van der Waals surface area contributed by atoms with Crippen LogP contribution in [-0.2, 0) is 0 Å². The van der Waals surface area contributed by atoms with Crippen molar-refractivity contribution in [3.8, 4) is 23.5 Å². The van der Waals surface area contributed by atoms with Crippen molar-refractivity contribution < 1.29 is 14.2 Å². The molecule has 21 heavy (non-hydrogen) atoms. The summed E-state index contributed by atoms with van der Waals surface area (Å²) in [7, 11) is 1.59. The van der Waals surface area contributed by atoms with Gasteiger partial charge in [-0.1, -0.05) is 0 Å². The van der Waals surface area contributed by atoms with Gasteiger partial charge in [-0.2, -0.15) is 9.97 Å². The van der Waals surface area contributed by atoms with Gasteiger partial charge in [0, 0.05) is 0 Å². The Hall–Kier alpha value is -2.61. The Kier molecular flexibility index (Phi) is 4.72. The highest BCUT2D eigenvalue weighted by Gasteiger charge is 2.10. The zero-order valence-corrected chi connectivity index (χ0v) is 12.0. The lowest BCUT2D eigenvalue weighted by atomic mass is 10.3. The summed E-state index contributed by atoms with van der Waals surface area (Å²) in [6.45, 7) is 3.73. The van der Waals surface area contributed by atoms with Crippen molar-refractivity contribution >= 4 is 5.95 Å². The summed E-state index contributed by atoms with van der Waals surface area (Å²) in [6.07, 6.45) is -0.0770. The van der Waals surface area contributed by atoms with Crippen molar-refractivity contribution in [1.82, 2.24) is 15.0 Å². The molecule has 0 fully saturated rings. The molecule has 112 valence electrons. The molecule has 0 saturated heterocycles. The van der Waals surface area contributed by atoms with Crippen LogP contribution in [0.4, 0.5) is 5.95 Å². The topological polar surface area (TPSA) is 104 Å². The maximum absolute atomic E-state index is 5.55. The van der Waals surface area contributed by atoms with Gasteiger partial charge in [0.15, 0.2) is 0 Å². The molecule has 8 heteroatoms. The third-order valence-electron chi connectivity index (χ3n) is 2.33. The zero-order valence-electron chi connectivity index (χ0n) is 12.0. The predicted octanol–water partition coefficient (Wildman–Crippen LogP) is 1.75. The minimum absolute atomic E-state index is 0.0770. The second-order valence-electron chi connectivity index (χ2n) is 4.31. The summed E-state index contributed by atoms with van der Waals surface area (Å²) >= 11 is 0. The van der Waals surface area contributed by atoms with Crippen LogP contribution in [-0.4, -0.2) is 28.2 Å². The summed E-state index contributed by atoms with van der Waals surface area (Å²) in [5.41, 5.74) is 2.34. The van der Waals surface area contributed by atoms with Crippen LogP contribution >= 0.6 is 0 Å². The molecule has 0 aliphatic rings. The maximum atomic E-state index is 5.55. The van der Waals surface area contributed by atoms with Crippen LogP contribution in [0, 0.1) is 0 Å². The van der Waals surface area contributed by atoms with E-state index in [1.807, 2.05) is 13.8 Å². The second-order valence-corrected chi connectivity index (χ2v) is 4.31. The number of methoxy groups -OCH3 is 1. The molecule has 3 N–H and O–H groups in total. The van der Waals surface area contributed by atoms with Gasteiger partial charge in [0.1, 0.15) is 11.5 Å². The number of nitrogens with two attached hydrogens (primary N) is 1. The third kappa shape index (κ3) is 4.18. The Bertz CT molecular complexity index is 589. The first-order chi connectivity index (χ1) is 10.1. The Morgan fingerprint density at radius 1 is 1.00 bits per heavy atom. The molecule has 0 spiro atoms. The van der Waals surface area contributed by atoms with Gasteiger partial charge >= 0.3 is 12.0 Å². The van der Waals surface area contributed by atoms with Gasteiger partial charge in [0.25, 0.3) is 0 Å². The van der Waals surface area contributed by atoms with Crippen molar-refractivity contribution in [2.24, 2.45) is 5.84 Å². The van der Waals surface area contributed by atoms with Crippen molar-refractivity contribution in [1.29, 1.82) is 0 Å². The number of nitrogens with one attached hydrogen (secondary N) is 1. The molecular formula is C13H17N5O3. The van der Waals surface area contributed by atoms with Crippen LogP contribution in [0.3, 0.4) is 0 Å². The largest absolute Gasteiger partial charge is 0.497 e. The highest BCUT2D eigenvalue weighted by Crippen LogP contribution is 2.23. The van der Waals surface area contributed by atoms with Gasteiger partial charge in [0.2, 0.25) is 5.95 Å². The van der Waals surface area contributed by atoms with E-state index in [1.165, 1.54) is 0 Å². The fourth-order valence-electron chi connectivity index (χ4n) is 1.46. The Labute approximate surface area is 122 Å². The quantitative estimate of drug-likeness (QED) is 0.612. The first kappa shape index (κ1) is 14.8. The maximum Gasteiger partial charge on any atom is 0.330 e. The molecule has 0 saturated carbocycles. The van der Waals surface area contributed by atoms with Crippen LogP contribution < -0.4 is 25.5 Å². The molecule has 0 bridgehead atoms. The molecule has 2 aromatic rings. The number of hydrogen-bond acceptors (Lipinski definition) is 8. The molecule has 1 aromatic heterocycles. The van der Waals surface area contributed by atoms with Gasteiger partial charge in [-0.15, -0.1) is 4.98 Å².